The molecule has 4 atom stereocenters. The molecule has 3 nitrogen and oxygen atoms in total. The Bertz CT molecular complexity index is 3070. The summed E-state index contributed by atoms with van der Waals surface area (Å²) in [6.45, 7) is 15.3. The molecule has 0 aromatic heterocycles. The Morgan fingerprint density at radius 1 is 0.438 bits per heavy atom. The average molecular weight is 832 g/mol. The van der Waals surface area contributed by atoms with Crippen molar-refractivity contribution >= 4 is 62.9 Å². The molecule has 7 aromatic carbocycles. The van der Waals surface area contributed by atoms with Crippen LogP contribution in [0.25, 0.3) is 22.3 Å². The van der Waals surface area contributed by atoms with Gasteiger partial charge in [-0.1, -0.05) is 154 Å². The zero-order valence-electron chi connectivity index (χ0n) is 38.4. The standard InChI is InChI=1S/C60H58BN3/c1-39-35-40(2)54-56-53(39)58(4)32-16-18-34-60(58,6)64(56)52-38-46(63-49-24-14-13-23-47(49)57(3)31-15-17-33-59(57,63)5)37-51-55(52)61(54)48-36-44(42-21-11-8-12-22-42)27-30-50(48)62(51)45-28-25-43(26-29-45)41-19-9-7-10-20-41/h7-14,19-30,35-38H,15-18,31-34H2,1-6H3. The molecule has 4 heterocycles. The Morgan fingerprint density at radius 2 is 1.02 bits per heavy atom. The van der Waals surface area contributed by atoms with Crippen LogP contribution in [-0.4, -0.2) is 17.8 Å². The Morgan fingerprint density at radius 3 is 1.73 bits per heavy atom. The van der Waals surface area contributed by atoms with Gasteiger partial charge in [0.05, 0.1) is 11.1 Å². The maximum Gasteiger partial charge on any atom is 0.252 e. The van der Waals surface area contributed by atoms with E-state index in [4.69, 9.17) is 0 Å². The zero-order valence-corrected chi connectivity index (χ0v) is 38.4. The number of fused-ring (bicyclic) bond motifs is 10. The van der Waals surface area contributed by atoms with Gasteiger partial charge in [0.15, 0.2) is 0 Å². The highest BCUT2D eigenvalue weighted by Crippen LogP contribution is 2.65. The van der Waals surface area contributed by atoms with Crippen LogP contribution in [0.15, 0.2) is 146 Å². The molecule has 13 rings (SSSR count). The van der Waals surface area contributed by atoms with E-state index in [0.29, 0.717) is 0 Å². The molecule has 7 aromatic rings. The second kappa shape index (κ2) is 13.3. The van der Waals surface area contributed by atoms with E-state index in [1.807, 2.05) is 0 Å². The number of hydrogen-bond acceptors (Lipinski definition) is 3. The fourth-order valence-corrected chi connectivity index (χ4v) is 14.8. The van der Waals surface area contributed by atoms with Crippen LogP contribution in [0.5, 0.6) is 0 Å². The van der Waals surface area contributed by atoms with Gasteiger partial charge in [0.25, 0.3) is 6.71 Å². The molecule has 2 fully saturated rings. The molecule has 6 aliphatic rings. The highest BCUT2D eigenvalue weighted by atomic mass is 15.3. The van der Waals surface area contributed by atoms with Crippen molar-refractivity contribution in [3.63, 3.8) is 0 Å². The van der Waals surface area contributed by atoms with E-state index < -0.39 is 0 Å². The van der Waals surface area contributed by atoms with E-state index in [2.05, 4.69) is 202 Å². The van der Waals surface area contributed by atoms with Crippen LogP contribution in [0, 0.1) is 13.8 Å². The minimum atomic E-state index is -0.0707. The third-order valence-corrected chi connectivity index (χ3v) is 18.2. The Balaban J connectivity index is 1.15. The predicted octanol–water partition coefficient (Wildman–Crippen LogP) is 13.7. The summed E-state index contributed by atoms with van der Waals surface area (Å²) >= 11 is 0. The largest absolute Gasteiger partial charge is 0.335 e. The molecule has 0 spiro atoms. The molecule has 0 amide bonds. The lowest BCUT2D eigenvalue weighted by molar-refractivity contribution is 0.193. The molecule has 0 radical (unpaired) electrons. The number of aryl methyl sites for hydroxylation is 2. The number of nitrogens with zero attached hydrogens (tertiary/aromatic N) is 3. The molecule has 2 aliphatic carbocycles. The first-order valence-corrected chi connectivity index (χ1v) is 24.2. The van der Waals surface area contributed by atoms with Crippen LogP contribution >= 0.6 is 0 Å². The summed E-state index contributed by atoms with van der Waals surface area (Å²) in [7, 11) is 0. The smallest absolute Gasteiger partial charge is 0.252 e. The number of benzene rings is 7. The maximum atomic E-state index is 2.95. The van der Waals surface area contributed by atoms with Crippen LogP contribution in [0.4, 0.5) is 39.8 Å². The minimum Gasteiger partial charge on any atom is -0.335 e. The Kier molecular flexibility index (Phi) is 7.98. The molecule has 4 unspecified atom stereocenters. The van der Waals surface area contributed by atoms with E-state index in [1.165, 1.54) is 147 Å². The number of hydrogen-bond donors (Lipinski definition) is 0. The van der Waals surface area contributed by atoms with Crippen molar-refractivity contribution < 1.29 is 0 Å². The van der Waals surface area contributed by atoms with Gasteiger partial charge in [-0.15, -0.1) is 0 Å². The average Bonchev–Trinajstić information content (AvgIpc) is 3.67. The summed E-state index contributed by atoms with van der Waals surface area (Å²) in [5, 5.41) is 0. The molecule has 4 heteroatoms. The van der Waals surface area contributed by atoms with Gasteiger partial charge in [0, 0.05) is 50.6 Å². The van der Waals surface area contributed by atoms with Gasteiger partial charge in [-0.2, -0.15) is 0 Å². The first-order valence-electron chi connectivity index (χ1n) is 24.2. The van der Waals surface area contributed by atoms with Gasteiger partial charge in [-0.05, 0) is 145 Å². The van der Waals surface area contributed by atoms with Crippen molar-refractivity contribution in [1.82, 2.24) is 0 Å². The number of anilines is 7. The summed E-state index contributed by atoms with van der Waals surface area (Å²) in [4.78, 5) is 8.42. The lowest BCUT2D eigenvalue weighted by Gasteiger charge is -2.54. The highest BCUT2D eigenvalue weighted by molar-refractivity contribution is 7.00. The van der Waals surface area contributed by atoms with Gasteiger partial charge < -0.3 is 14.7 Å². The summed E-state index contributed by atoms with van der Waals surface area (Å²) in [6, 6.07) is 56.0. The van der Waals surface area contributed by atoms with Gasteiger partial charge in [0.1, 0.15) is 0 Å². The molecule has 64 heavy (non-hydrogen) atoms. The van der Waals surface area contributed by atoms with Crippen LogP contribution in [0.2, 0.25) is 0 Å². The second-order valence-corrected chi connectivity index (χ2v) is 21.2. The van der Waals surface area contributed by atoms with E-state index in [9.17, 15) is 0 Å². The molecular formula is C60H58BN3. The highest BCUT2D eigenvalue weighted by Gasteiger charge is 2.63. The van der Waals surface area contributed by atoms with Gasteiger partial charge in [0.2, 0.25) is 0 Å². The van der Waals surface area contributed by atoms with Gasteiger partial charge >= 0.3 is 0 Å². The monoisotopic (exact) mass is 831 g/mol. The minimum absolute atomic E-state index is 0.0271. The summed E-state index contributed by atoms with van der Waals surface area (Å²) < 4.78 is 0. The van der Waals surface area contributed by atoms with Crippen molar-refractivity contribution in [2.45, 2.75) is 115 Å². The molecular weight excluding hydrogens is 773 g/mol. The van der Waals surface area contributed by atoms with Crippen LogP contribution in [0.1, 0.15) is 101 Å². The normalized spacial score (nSPS) is 25.6. The van der Waals surface area contributed by atoms with Crippen LogP contribution in [-0.2, 0) is 10.8 Å². The van der Waals surface area contributed by atoms with E-state index in [1.54, 1.807) is 5.56 Å². The zero-order chi connectivity index (χ0) is 43.3. The fraction of sp³-hybridized carbons (Fsp3) is 0.300. The molecule has 4 aliphatic heterocycles. The van der Waals surface area contributed by atoms with Crippen molar-refractivity contribution in [3.05, 3.63) is 168 Å². The number of para-hydroxylation sites is 1. The van der Waals surface area contributed by atoms with Crippen LogP contribution in [0.3, 0.4) is 0 Å². The Labute approximate surface area is 380 Å². The topological polar surface area (TPSA) is 9.72 Å². The number of rotatable bonds is 4. The maximum absolute atomic E-state index is 2.95. The lowest BCUT2D eigenvalue weighted by atomic mass is 9.32. The van der Waals surface area contributed by atoms with Crippen molar-refractivity contribution in [2.24, 2.45) is 0 Å². The third kappa shape index (κ3) is 4.79. The van der Waals surface area contributed by atoms with Crippen molar-refractivity contribution in [3.8, 4) is 22.3 Å². The van der Waals surface area contributed by atoms with Crippen molar-refractivity contribution in [1.29, 1.82) is 0 Å². The van der Waals surface area contributed by atoms with Gasteiger partial charge in [-0.25, -0.2) is 0 Å². The SMILES string of the molecule is Cc1cc(C)c2c3c1B1c4cc(-c5ccccc5)ccc4N(c4ccc(-c5ccccc5)cc4)c4cc(N5c6ccccc6C6(C)CCCCC56C)cc(c41)N3C1(C)CCCCC21C. The first kappa shape index (κ1) is 38.5. The quantitative estimate of drug-likeness (QED) is 0.164. The van der Waals surface area contributed by atoms with E-state index in [-0.39, 0.29) is 28.6 Å². The second-order valence-electron chi connectivity index (χ2n) is 21.2. The van der Waals surface area contributed by atoms with E-state index in [0.717, 1.165) is 0 Å². The Hall–Kier alpha value is -6.00. The summed E-state index contributed by atoms with van der Waals surface area (Å²) in [5.74, 6) is 0. The predicted molar refractivity (Wildman–Crippen MR) is 272 cm³/mol. The van der Waals surface area contributed by atoms with Crippen molar-refractivity contribution in [2.75, 3.05) is 14.7 Å². The molecule has 0 N–H and O–H groups in total. The lowest BCUT2D eigenvalue weighted by Crippen LogP contribution is -2.65. The fourth-order valence-electron chi connectivity index (χ4n) is 14.8. The molecule has 0 saturated heterocycles. The molecule has 2 saturated carbocycles. The third-order valence-electron chi connectivity index (χ3n) is 18.2. The summed E-state index contributed by atoms with van der Waals surface area (Å²) in [5.41, 5.74) is 24.8. The van der Waals surface area contributed by atoms with Crippen LogP contribution < -0.4 is 31.1 Å². The molecule has 316 valence electrons. The van der Waals surface area contributed by atoms with E-state index >= 15 is 0 Å². The molecule has 0 bridgehead atoms. The first-order chi connectivity index (χ1) is 31.1. The van der Waals surface area contributed by atoms with Gasteiger partial charge in [-0.3, -0.25) is 0 Å². The summed E-state index contributed by atoms with van der Waals surface area (Å²) in [6.07, 6.45) is 9.86.